The molecule has 21 heteroatoms. The van der Waals surface area contributed by atoms with Gasteiger partial charge in [0.2, 0.25) is 11.8 Å². The zero-order chi connectivity index (χ0) is 54.9. The standard InChI is InChI=1S/C55H65F3N8O9S/c1-33(35-8-10-36(11-9-35)48-34(2)60-32-76-48)61-49(69)47-24-41(68)27-64(47)50(70)46(53(3,4)5)23-40(67)26-62-18-20-73-43(28-62)29-63-19-21-74-44(30-63)31-75-42-16-14-38(15-17-42)66-52(72)65(51(71)54(66,6)7)39-13-12-37(25-59)45(22-39)55(56,57)58/h8-17,22,32-33,41,43-44,46-47,68H,18-21,23-24,26-31H2,1-7H3,(H,61,69)/t33-,41+,43?,44+,46+,47-/m0/s1. The largest absolute Gasteiger partial charge is 0.491 e. The van der Waals surface area contributed by atoms with Crippen molar-refractivity contribution < 1.29 is 56.5 Å². The second kappa shape index (κ2) is 22.7. The van der Waals surface area contributed by atoms with E-state index in [1.807, 2.05) is 64.4 Å². The number of carbonyl (C=O) groups excluding carboxylic acids is 5. The number of anilines is 2. The highest BCUT2D eigenvalue weighted by Crippen LogP contribution is 2.40. The maximum atomic E-state index is 14.4. The van der Waals surface area contributed by atoms with Gasteiger partial charge in [-0.2, -0.15) is 18.4 Å². The van der Waals surface area contributed by atoms with Crippen LogP contribution in [0.15, 0.2) is 72.2 Å². The quantitative estimate of drug-likeness (QED) is 0.109. The molecule has 0 spiro atoms. The number of ketones is 1. The molecule has 2 N–H and O–H groups in total. The molecule has 0 aliphatic carbocycles. The van der Waals surface area contributed by atoms with Gasteiger partial charge in [0.15, 0.2) is 0 Å². The van der Waals surface area contributed by atoms with Crippen molar-refractivity contribution in [3.05, 3.63) is 94.6 Å². The number of alkyl halides is 3. The van der Waals surface area contributed by atoms with E-state index in [0.717, 1.165) is 33.8 Å². The van der Waals surface area contributed by atoms with Crippen molar-refractivity contribution >= 4 is 52.2 Å². The van der Waals surface area contributed by atoms with E-state index >= 15 is 0 Å². The highest BCUT2D eigenvalue weighted by atomic mass is 32.1. The van der Waals surface area contributed by atoms with Gasteiger partial charge in [-0.1, -0.05) is 45.0 Å². The summed E-state index contributed by atoms with van der Waals surface area (Å²) in [6.07, 6.45) is -6.20. The molecule has 4 saturated heterocycles. The van der Waals surface area contributed by atoms with Crippen LogP contribution >= 0.6 is 11.3 Å². The molecule has 76 heavy (non-hydrogen) atoms. The van der Waals surface area contributed by atoms with Crippen molar-refractivity contribution in [1.29, 1.82) is 5.26 Å². The first-order valence-corrected chi connectivity index (χ1v) is 26.3. The molecule has 1 unspecified atom stereocenters. The number of aliphatic hydroxyl groups excluding tert-OH is 1. The van der Waals surface area contributed by atoms with Gasteiger partial charge >= 0.3 is 12.2 Å². The SMILES string of the molecule is Cc1ncsc1-c1ccc([C@H](C)NC(=O)[C@@H]2C[C@@H](O)CN2C(=O)[C@@H](CC(=O)CN2CCOC(CN3CCO[C@@H](COc4ccc(N5C(=O)N(c6ccc(C#N)c(C(F)(F)F)c6)C(=O)C5(C)C)cc4)C3)C2)C(C)(C)C)cc1. The van der Waals surface area contributed by atoms with E-state index in [1.165, 1.54) is 29.7 Å². The minimum atomic E-state index is -4.88. The Morgan fingerprint density at radius 2 is 1.61 bits per heavy atom. The molecule has 5 amide bonds. The smallest absolute Gasteiger partial charge is 0.417 e. The number of thiazole rings is 1. The van der Waals surface area contributed by atoms with Crippen molar-refractivity contribution in [2.75, 3.05) is 75.4 Å². The summed E-state index contributed by atoms with van der Waals surface area (Å²) in [6, 6.07) is 16.5. The number of nitrogens with zero attached hydrogens (tertiary/aromatic N) is 7. The number of hydrogen-bond donors (Lipinski definition) is 2. The minimum absolute atomic E-state index is 0.00105. The number of aliphatic hydroxyl groups is 1. The van der Waals surface area contributed by atoms with Crippen LogP contribution in [0.1, 0.15) is 82.8 Å². The molecule has 4 aromatic rings. The fraction of sp³-hybridized carbons (Fsp3) is 0.509. The topological polar surface area (TPSA) is 198 Å². The first-order chi connectivity index (χ1) is 35.9. The Morgan fingerprint density at radius 1 is 0.947 bits per heavy atom. The van der Waals surface area contributed by atoms with Crippen LogP contribution < -0.4 is 19.9 Å². The van der Waals surface area contributed by atoms with Gasteiger partial charge in [0.1, 0.15) is 35.8 Å². The number of benzene rings is 3. The van der Waals surface area contributed by atoms with E-state index in [2.05, 4.69) is 20.1 Å². The number of likely N-dealkylation sites (tertiary alicyclic amines) is 1. The lowest BCUT2D eigenvalue weighted by atomic mass is 9.76. The fourth-order valence-electron chi connectivity index (χ4n) is 10.4. The molecule has 406 valence electrons. The van der Waals surface area contributed by atoms with Gasteiger partial charge in [-0.05, 0) is 86.7 Å². The number of carbonyl (C=O) groups is 5. The van der Waals surface area contributed by atoms with Crippen molar-refractivity contribution in [2.24, 2.45) is 11.3 Å². The number of halogens is 3. The Bertz CT molecular complexity index is 2830. The van der Waals surface area contributed by atoms with Crippen LogP contribution in [0.5, 0.6) is 5.75 Å². The van der Waals surface area contributed by atoms with E-state index in [-0.39, 0.29) is 74.1 Å². The molecular weight excluding hydrogens is 1010 g/mol. The van der Waals surface area contributed by atoms with Crippen LogP contribution in [0.25, 0.3) is 10.4 Å². The van der Waals surface area contributed by atoms with Gasteiger partial charge in [0, 0.05) is 63.7 Å². The van der Waals surface area contributed by atoms with Crippen molar-refractivity contribution in [1.82, 2.24) is 25.0 Å². The number of morpholine rings is 2. The van der Waals surface area contributed by atoms with Gasteiger partial charge in [0.25, 0.3) is 5.91 Å². The number of aryl methyl sites for hydroxylation is 1. The van der Waals surface area contributed by atoms with Crippen LogP contribution in [0.4, 0.5) is 29.3 Å². The lowest BCUT2D eigenvalue weighted by Crippen LogP contribution is -2.53. The van der Waals surface area contributed by atoms with E-state index in [4.69, 9.17) is 14.2 Å². The van der Waals surface area contributed by atoms with Gasteiger partial charge in [0.05, 0.1) is 77.0 Å². The summed E-state index contributed by atoms with van der Waals surface area (Å²) in [5, 5.41) is 23.1. The summed E-state index contributed by atoms with van der Waals surface area (Å²) in [4.78, 5) is 82.4. The molecule has 0 radical (unpaired) electrons. The van der Waals surface area contributed by atoms with E-state index in [9.17, 15) is 47.5 Å². The molecule has 8 rings (SSSR count). The van der Waals surface area contributed by atoms with Gasteiger partial charge in [-0.15, -0.1) is 11.3 Å². The molecule has 6 atom stereocenters. The number of nitrogens with one attached hydrogen (secondary N) is 1. The molecular formula is C55H65F3N8O9S. The van der Waals surface area contributed by atoms with Crippen LogP contribution in [-0.4, -0.2) is 150 Å². The number of nitriles is 1. The summed E-state index contributed by atoms with van der Waals surface area (Å²) in [5.41, 5.74) is 0.746. The number of ether oxygens (including phenoxy) is 3. The molecule has 5 heterocycles. The molecule has 4 aliphatic rings. The summed E-state index contributed by atoms with van der Waals surface area (Å²) in [5.74, 6) is -1.81. The highest BCUT2D eigenvalue weighted by molar-refractivity contribution is 7.13. The maximum Gasteiger partial charge on any atom is 0.417 e. The second-order valence-corrected chi connectivity index (χ2v) is 22.5. The Hall–Kier alpha value is -6.28. The van der Waals surface area contributed by atoms with E-state index in [0.29, 0.717) is 68.3 Å². The van der Waals surface area contributed by atoms with Crippen molar-refractivity contribution in [3.8, 4) is 22.3 Å². The first-order valence-electron chi connectivity index (χ1n) is 25.4. The number of amides is 5. The van der Waals surface area contributed by atoms with E-state index < -0.39 is 58.3 Å². The predicted octanol–water partition coefficient (Wildman–Crippen LogP) is 7.00. The number of aromatic nitrogens is 1. The molecule has 0 saturated carbocycles. The predicted molar refractivity (Wildman–Crippen MR) is 277 cm³/mol. The van der Waals surface area contributed by atoms with Crippen molar-refractivity contribution in [3.63, 3.8) is 0 Å². The van der Waals surface area contributed by atoms with Crippen molar-refractivity contribution in [2.45, 2.75) is 103 Å². The molecule has 0 bridgehead atoms. The third-order valence-corrected chi connectivity index (χ3v) is 15.6. The third kappa shape index (κ3) is 12.4. The van der Waals surface area contributed by atoms with Gasteiger partial charge < -0.3 is 29.5 Å². The summed E-state index contributed by atoms with van der Waals surface area (Å²) < 4.78 is 59.6. The average molecular weight is 1070 g/mol. The normalized spacial score (nSPS) is 22.4. The highest BCUT2D eigenvalue weighted by Gasteiger charge is 2.53. The van der Waals surface area contributed by atoms with Gasteiger partial charge in [-0.25, -0.2) is 14.7 Å². The Morgan fingerprint density at radius 3 is 2.25 bits per heavy atom. The zero-order valence-electron chi connectivity index (χ0n) is 43.8. The number of imide groups is 1. The van der Waals surface area contributed by atoms with Crippen LogP contribution in [0, 0.1) is 29.6 Å². The molecule has 4 fully saturated rings. The number of urea groups is 1. The van der Waals surface area contributed by atoms with Crippen LogP contribution in [0.2, 0.25) is 0 Å². The number of hydrogen-bond acceptors (Lipinski definition) is 14. The average Bonchev–Trinajstić information content (AvgIpc) is 4.07. The maximum absolute atomic E-state index is 14.4. The third-order valence-electron chi connectivity index (χ3n) is 14.6. The van der Waals surface area contributed by atoms with Crippen LogP contribution in [0.3, 0.4) is 0 Å². The van der Waals surface area contributed by atoms with Gasteiger partial charge in [-0.3, -0.25) is 33.9 Å². The summed E-state index contributed by atoms with van der Waals surface area (Å²) in [6.45, 7) is 16.6. The van der Waals surface area contributed by atoms with E-state index in [1.54, 1.807) is 35.6 Å². The Balaban J connectivity index is 0.810. The minimum Gasteiger partial charge on any atom is -0.491 e. The molecule has 1 aromatic heterocycles. The van der Waals surface area contributed by atoms with Crippen LogP contribution in [-0.2, 0) is 34.8 Å². The zero-order valence-corrected chi connectivity index (χ0v) is 44.6. The first kappa shape index (κ1) is 55.9. The fourth-order valence-corrected chi connectivity index (χ4v) is 11.2. The lowest BCUT2D eigenvalue weighted by molar-refractivity contribution is -0.146. The second-order valence-electron chi connectivity index (χ2n) is 21.6. The summed E-state index contributed by atoms with van der Waals surface area (Å²) in [7, 11) is 0. The monoisotopic (exact) mass is 1070 g/mol. The number of β-amino-alcohol motifs (C(OH)–C–C–N with tert-alkyl or cyclic N) is 1. The summed E-state index contributed by atoms with van der Waals surface area (Å²) >= 11 is 1.57. The number of rotatable bonds is 16. The number of Topliss-reactive ketones (excluding diaryl/α,β-unsaturated/α-hetero) is 1. The molecule has 4 aliphatic heterocycles. The lowest BCUT2D eigenvalue weighted by Gasteiger charge is -2.39. The Kier molecular flexibility index (Phi) is 16.7. The molecule has 3 aromatic carbocycles. The molecule has 17 nitrogen and oxygen atoms in total. The Labute approximate surface area is 444 Å².